The fraction of sp³-hybridized carbons (Fsp3) is 0.280. The lowest BCUT2D eigenvalue weighted by atomic mass is 10.1. The highest BCUT2D eigenvalue weighted by molar-refractivity contribution is 6.06. The van der Waals surface area contributed by atoms with Crippen LogP contribution in [0.15, 0.2) is 36.4 Å². The zero-order valence-electron chi connectivity index (χ0n) is 19.9. The minimum Gasteiger partial charge on any atom is -0.497 e. The van der Waals surface area contributed by atoms with Gasteiger partial charge in [-0.3, -0.25) is 20.0 Å². The van der Waals surface area contributed by atoms with Crippen molar-refractivity contribution >= 4 is 28.7 Å². The van der Waals surface area contributed by atoms with E-state index in [0.717, 1.165) is 45.6 Å². The van der Waals surface area contributed by atoms with Gasteiger partial charge in [0.2, 0.25) is 0 Å². The molecule has 0 aliphatic carbocycles. The summed E-state index contributed by atoms with van der Waals surface area (Å²) in [6, 6.07) is 9.98. The Hall–Kier alpha value is -4.36. The Morgan fingerprint density at radius 3 is 2.66 bits per heavy atom. The largest absolute Gasteiger partial charge is 0.497 e. The number of urea groups is 1. The quantitative estimate of drug-likeness (QED) is 0.391. The lowest BCUT2D eigenvalue weighted by Gasteiger charge is -2.07. The van der Waals surface area contributed by atoms with Crippen LogP contribution in [-0.4, -0.2) is 72.1 Å². The summed E-state index contributed by atoms with van der Waals surface area (Å²) >= 11 is 0. The van der Waals surface area contributed by atoms with Crippen molar-refractivity contribution < 1.29 is 19.1 Å². The average molecular weight is 475 g/mol. The second-order valence-corrected chi connectivity index (χ2v) is 8.52. The number of amides is 4. The molecule has 1 atom stereocenters. The summed E-state index contributed by atoms with van der Waals surface area (Å²) in [7, 11) is 7.39. The van der Waals surface area contributed by atoms with Gasteiger partial charge in [0.15, 0.2) is 6.04 Å². The molecule has 0 radical (unpaired) electrons. The molecule has 1 saturated heterocycles. The first-order valence-corrected chi connectivity index (χ1v) is 10.9. The van der Waals surface area contributed by atoms with E-state index in [4.69, 9.17) is 4.74 Å². The topological polar surface area (TPSA) is 120 Å². The van der Waals surface area contributed by atoms with Crippen LogP contribution in [-0.2, 0) is 17.9 Å². The highest BCUT2D eigenvalue weighted by atomic mass is 16.5. The number of rotatable bonds is 3. The number of ether oxygens (including phenoxy) is 1. The van der Waals surface area contributed by atoms with E-state index in [2.05, 4.69) is 37.6 Å². The van der Waals surface area contributed by atoms with Crippen LogP contribution in [0.3, 0.4) is 0 Å². The van der Waals surface area contributed by atoms with Gasteiger partial charge in [-0.05, 0) is 50.0 Å². The van der Waals surface area contributed by atoms with E-state index in [1.807, 2.05) is 44.4 Å². The summed E-state index contributed by atoms with van der Waals surface area (Å²) in [4.78, 5) is 37.7. The molecule has 3 aromatic rings. The van der Waals surface area contributed by atoms with Crippen molar-refractivity contribution in [1.82, 2.24) is 30.6 Å². The number of imide groups is 1. The summed E-state index contributed by atoms with van der Waals surface area (Å²) in [5.41, 5.74) is 4.45. The Balaban J connectivity index is 0.000000189. The van der Waals surface area contributed by atoms with Gasteiger partial charge in [-0.2, -0.15) is 5.10 Å². The van der Waals surface area contributed by atoms with Crippen molar-refractivity contribution in [2.45, 2.75) is 19.1 Å². The predicted octanol–water partition coefficient (Wildman–Crippen LogP) is 1.46. The maximum Gasteiger partial charge on any atom is 0.322 e. The second-order valence-electron chi connectivity index (χ2n) is 8.52. The normalized spacial score (nSPS) is 16.3. The number of benzene rings is 2. The number of fused-ring (bicyclic) bond motifs is 2. The number of aromatic nitrogens is 2. The van der Waals surface area contributed by atoms with E-state index in [9.17, 15) is 14.4 Å². The van der Waals surface area contributed by atoms with Gasteiger partial charge in [0.1, 0.15) is 5.75 Å². The fourth-order valence-electron chi connectivity index (χ4n) is 3.81. The molecule has 3 heterocycles. The third-order valence-corrected chi connectivity index (χ3v) is 5.55. The van der Waals surface area contributed by atoms with E-state index >= 15 is 0 Å². The summed E-state index contributed by atoms with van der Waals surface area (Å²) < 4.78 is 5.05. The predicted molar refractivity (Wildman–Crippen MR) is 130 cm³/mol. The lowest BCUT2D eigenvalue weighted by molar-refractivity contribution is -0.119. The van der Waals surface area contributed by atoms with E-state index in [-0.39, 0.29) is 5.91 Å². The first kappa shape index (κ1) is 23.8. The number of methoxy groups -OCH3 is 1. The van der Waals surface area contributed by atoms with Crippen molar-refractivity contribution in [2.75, 3.05) is 28.3 Å². The number of H-pyrrole nitrogens is 1. The highest BCUT2D eigenvalue weighted by Crippen LogP contribution is 2.25. The maximum absolute atomic E-state index is 11.5. The molecule has 10 heteroatoms. The Labute approximate surface area is 202 Å². The Kier molecular flexibility index (Phi) is 6.71. The van der Waals surface area contributed by atoms with Crippen LogP contribution < -0.4 is 15.4 Å². The molecule has 180 valence electrons. The minimum atomic E-state index is -0.799. The molecule has 1 unspecified atom stereocenters. The zero-order chi connectivity index (χ0) is 25.1. The average Bonchev–Trinajstić information content (AvgIpc) is 3.47. The van der Waals surface area contributed by atoms with E-state index in [1.165, 1.54) is 0 Å². The van der Waals surface area contributed by atoms with Gasteiger partial charge in [-0.25, -0.2) is 4.79 Å². The molecule has 2 aliphatic rings. The molecular formula is C25H26N6O4. The van der Waals surface area contributed by atoms with Gasteiger partial charge in [-0.15, -0.1) is 0 Å². The van der Waals surface area contributed by atoms with Crippen LogP contribution in [0.2, 0.25) is 0 Å². The molecule has 2 aliphatic heterocycles. The van der Waals surface area contributed by atoms with Crippen molar-refractivity contribution in [1.29, 1.82) is 0 Å². The molecule has 1 fully saturated rings. The Morgan fingerprint density at radius 2 is 1.97 bits per heavy atom. The molecule has 1 aromatic heterocycles. The van der Waals surface area contributed by atoms with Crippen LogP contribution in [0.25, 0.3) is 10.9 Å². The number of carbonyl (C=O) groups excluding carboxylic acids is 3. The molecule has 10 nitrogen and oxygen atoms in total. The molecule has 0 saturated carbocycles. The van der Waals surface area contributed by atoms with Crippen molar-refractivity contribution in [3.63, 3.8) is 0 Å². The lowest BCUT2D eigenvalue weighted by Crippen LogP contribution is -2.26. The van der Waals surface area contributed by atoms with Crippen LogP contribution in [0.5, 0.6) is 5.75 Å². The number of nitrogens with zero attached hydrogens (tertiary/aromatic N) is 3. The maximum atomic E-state index is 11.5. The first-order chi connectivity index (χ1) is 16.7. The van der Waals surface area contributed by atoms with Crippen LogP contribution in [0, 0.1) is 11.8 Å². The molecule has 4 amide bonds. The van der Waals surface area contributed by atoms with Crippen LogP contribution >= 0.6 is 0 Å². The SMILES string of the molecule is CN(C)Cc1[nH]nc2cc(C#CC3NC(=O)NC3=O)ccc12.COc1ccc2c(c1)C(=O)N(C)C2. The standard InChI is InChI=1S/C15H15N5O2.C10H11NO2/c1-20(2)8-13-10-5-3-9(7-12(10)18-19-13)4-6-11-14(21)17-15(22)16-11;1-11-6-7-3-4-8(13-2)5-9(7)10(11)12/h3,5,7,11H,8H2,1-2H3,(H,18,19)(H2,16,17,21,22);3-5H,6H2,1-2H3. The zero-order valence-corrected chi connectivity index (χ0v) is 19.9. The van der Waals surface area contributed by atoms with E-state index < -0.39 is 18.0 Å². The number of nitrogens with one attached hydrogen (secondary N) is 3. The monoisotopic (exact) mass is 474 g/mol. The molecule has 2 aromatic carbocycles. The number of carbonyl (C=O) groups is 3. The van der Waals surface area contributed by atoms with E-state index in [0.29, 0.717) is 6.54 Å². The molecular weight excluding hydrogens is 448 g/mol. The van der Waals surface area contributed by atoms with Gasteiger partial charge in [0.25, 0.3) is 11.8 Å². The van der Waals surface area contributed by atoms with Gasteiger partial charge in [0.05, 0.1) is 18.3 Å². The number of hydrogen-bond acceptors (Lipinski definition) is 6. The Morgan fingerprint density at radius 1 is 1.17 bits per heavy atom. The summed E-state index contributed by atoms with van der Waals surface area (Å²) in [5, 5.41) is 12.9. The summed E-state index contributed by atoms with van der Waals surface area (Å²) in [5.74, 6) is 6.02. The molecule has 5 rings (SSSR count). The molecule has 3 N–H and O–H groups in total. The third-order valence-electron chi connectivity index (χ3n) is 5.55. The van der Waals surface area contributed by atoms with Crippen molar-refractivity contribution in [3.05, 3.63) is 58.8 Å². The minimum absolute atomic E-state index is 0.0777. The van der Waals surface area contributed by atoms with Crippen LogP contribution in [0.4, 0.5) is 4.79 Å². The first-order valence-electron chi connectivity index (χ1n) is 10.9. The summed E-state index contributed by atoms with van der Waals surface area (Å²) in [6.45, 7) is 1.48. The van der Waals surface area contributed by atoms with Gasteiger partial charge in [0, 0.05) is 36.7 Å². The van der Waals surface area contributed by atoms with Crippen molar-refractivity contribution in [3.8, 4) is 17.6 Å². The van der Waals surface area contributed by atoms with Crippen LogP contribution in [0.1, 0.15) is 27.2 Å². The second kappa shape index (κ2) is 9.87. The summed E-state index contributed by atoms with van der Waals surface area (Å²) in [6.07, 6.45) is 0. The fourth-order valence-corrected chi connectivity index (χ4v) is 3.81. The van der Waals surface area contributed by atoms with E-state index in [1.54, 1.807) is 25.1 Å². The smallest absolute Gasteiger partial charge is 0.322 e. The molecule has 0 bridgehead atoms. The number of aromatic amines is 1. The highest BCUT2D eigenvalue weighted by Gasteiger charge is 2.27. The third kappa shape index (κ3) is 5.26. The van der Waals surface area contributed by atoms with Crippen molar-refractivity contribution in [2.24, 2.45) is 0 Å². The van der Waals surface area contributed by atoms with Gasteiger partial charge >= 0.3 is 6.03 Å². The molecule has 35 heavy (non-hydrogen) atoms. The van der Waals surface area contributed by atoms with Gasteiger partial charge in [-0.1, -0.05) is 17.9 Å². The Bertz CT molecular complexity index is 1370. The van der Waals surface area contributed by atoms with Gasteiger partial charge < -0.3 is 19.9 Å². The molecule has 0 spiro atoms. The number of hydrogen-bond donors (Lipinski definition) is 3.